The summed E-state index contributed by atoms with van der Waals surface area (Å²) in [5, 5.41) is 3.73. The molecule has 0 radical (unpaired) electrons. The number of nitrogens with one attached hydrogen (secondary N) is 1. The van der Waals surface area contributed by atoms with Gasteiger partial charge in [0, 0.05) is 12.7 Å². The van der Waals surface area contributed by atoms with Crippen molar-refractivity contribution in [3.63, 3.8) is 0 Å². The quantitative estimate of drug-likeness (QED) is 0.847. The number of hydrogen-bond donors (Lipinski definition) is 1. The van der Waals surface area contributed by atoms with Gasteiger partial charge in [0.1, 0.15) is 5.75 Å². The Bertz CT molecular complexity index is 313. The lowest BCUT2D eigenvalue weighted by Crippen LogP contribution is -2.06. The molecule has 0 fully saturated rings. The zero-order valence-electron chi connectivity index (χ0n) is 9.73. The summed E-state index contributed by atoms with van der Waals surface area (Å²) >= 11 is 6.13. The molecule has 3 heteroatoms. The van der Waals surface area contributed by atoms with Crippen LogP contribution in [0.15, 0.2) is 12.1 Å². The first-order valence-electron chi connectivity index (χ1n) is 5.15. The first kappa shape index (κ1) is 12.2. The molecule has 2 nitrogen and oxygen atoms in total. The summed E-state index contributed by atoms with van der Waals surface area (Å²) in [5.41, 5.74) is 2.07. The summed E-state index contributed by atoms with van der Waals surface area (Å²) in [6, 6.07) is 3.91. The molecule has 0 atom stereocenters. The van der Waals surface area contributed by atoms with Gasteiger partial charge in [-0.05, 0) is 30.5 Å². The van der Waals surface area contributed by atoms with Crippen molar-refractivity contribution in [3.8, 4) is 5.75 Å². The molecule has 0 saturated heterocycles. The molecule has 0 aliphatic rings. The minimum atomic E-state index is 0.504. The van der Waals surface area contributed by atoms with E-state index in [9.17, 15) is 0 Å². The number of benzene rings is 1. The van der Waals surface area contributed by atoms with Crippen LogP contribution < -0.4 is 10.1 Å². The SMILES string of the molecule is CNc1cc(C)c(OCC(C)C)c(Cl)c1. The van der Waals surface area contributed by atoms with Gasteiger partial charge in [0.25, 0.3) is 0 Å². The normalized spacial score (nSPS) is 10.5. The van der Waals surface area contributed by atoms with Crippen LogP contribution in [0.2, 0.25) is 5.02 Å². The molecule has 84 valence electrons. The summed E-state index contributed by atoms with van der Waals surface area (Å²) in [4.78, 5) is 0. The molecule has 0 amide bonds. The Balaban J connectivity index is 2.88. The fourth-order valence-electron chi connectivity index (χ4n) is 1.31. The van der Waals surface area contributed by atoms with Crippen molar-refractivity contribution in [1.29, 1.82) is 0 Å². The van der Waals surface area contributed by atoms with Crippen molar-refractivity contribution in [2.24, 2.45) is 5.92 Å². The van der Waals surface area contributed by atoms with E-state index in [0.717, 1.165) is 17.0 Å². The molecular formula is C12H18ClNO. The third kappa shape index (κ3) is 3.31. The standard InChI is InChI=1S/C12H18ClNO/c1-8(2)7-15-12-9(3)5-10(14-4)6-11(12)13/h5-6,8,14H,7H2,1-4H3. The number of anilines is 1. The average Bonchev–Trinajstić information content (AvgIpc) is 2.15. The summed E-state index contributed by atoms with van der Waals surface area (Å²) in [6.07, 6.45) is 0. The van der Waals surface area contributed by atoms with E-state index in [0.29, 0.717) is 17.5 Å². The predicted molar refractivity (Wildman–Crippen MR) is 66.1 cm³/mol. The monoisotopic (exact) mass is 227 g/mol. The van der Waals surface area contributed by atoms with E-state index in [4.69, 9.17) is 16.3 Å². The largest absolute Gasteiger partial charge is 0.491 e. The molecule has 1 N–H and O–H groups in total. The Kier molecular flexibility index (Phi) is 4.28. The molecule has 0 unspecified atom stereocenters. The number of aryl methyl sites for hydroxylation is 1. The van der Waals surface area contributed by atoms with Crippen molar-refractivity contribution in [3.05, 3.63) is 22.7 Å². The maximum absolute atomic E-state index is 6.13. The lowest BCUT2D eigenvalue weighted by molar-refractivity contribution is 0.269. The Morgan fingerprint density at radius 3 is 2.53 bits per heavy atom. The fourth-order valence-corrected chi connectivity index (χ4v) is 1.63. The van der Waals surface area contributed by atoms with Crippen LogP contribution in [0.25, 0.3) is 0 Å². The smallest absolute Gasteiger partial charge is 0.140 e. The molecule has 0 aliphatic carbocycles. The van der Waals surface area contributed by atoms with Gasteiger partial charge >= 0.3 is 0 Å². The summed E-state index contributed by atoms with van der Waals surface area (Å²) in [5.74, 6) is 1.30. The van der Waals surface area contributed by atoms with E-state index >= 15 is 0 Å². The lowest BCUT2D eigenvalue weighted by Gasteiger charge is -2.14. The molecule has 0 bridgehead atoms. The van der Waals surface area contributed by atoms with Crippen molar-refractivity contribution in [2.75, 3.05) is 19.0 Å². The second-order valence-corrected chi connectivity index (χ2v) is 4.47. The maximum Gasteiger partial charge on any atom is 0.140 e. The summed E-state index contributed by atoms with van der Waals surface area (Å²) in [7, 11) is 1.87. The number of hydrogen-bond acceptors (Lipinski definition) is 2. The van der Waals surface area contributed by atoms with Crippen LogP contribution in [0, 0.1) is 12.8 Å². The third-order valence-corrected chi connectivity index (χ3v) is 2.36. The van der Waals surface area contributed by atoms with Gasteiger partial charge in [-0.3, -0.25) is 0 Å². The third-order valence-electron chi connectivity index (χ3n) is 2.08. The Morgan fingerprint density at radius 1 is 1.40 bits per heavy atom. The van der Waals surface area contributed by atoms with Gasteiger partial charge in [0.15, 0.2) is 0 Å². The molecule has 15 heavy (non-hydrogen) atoms. The van der Waals surface area contributed by atoms with E-state index in [2.05, 4.69) is 19.2 Å². The van der Waals surface area contributed by atoms with Crippen molar-refractivity contribution in [1.82, 2.24) is 0 Å². The number of halogens is 1. The molecular weight excluding hydrogens is 210 g/mol. The Hall–Kier alpha value is -0.890. The van der Waals surface area contributed by atoms with Crippen LogP contribution in [-0.2, 0) is 0 Å². The Morgan fingerprint density at radius 2 is 2.07 bits per heavy atom. The van der Waals surface area contributed by atoms with Crippen LogP contribution in [-0.4, -0.2) is 13.7 Å². The molecule has 1 aromatic carbocycles. The van der Waals surface area contributed by atoms with Crippen LogP contribution in [0.5, 0.6) is 5.75 Å². The highest BCUT2D eigenvalue weighted by atomic mass is 35.5. The predicted octanol–water partition coefficient (Wildman–Crippen LogP) is 3.72. The van der Waals surface area contributed by atoms with E-state index in [1.54, 1.807) is 0 Å². The van der Waals surface area contributed by atoms with Crippen LogP contribution in [0.1, 0.15) is 19.4 Å². The van der Waals surface area contributed by atoms with Crippen molar-refractivity contribution < 1.29 is 4.74 Å². The number of ether oxygens (including phenoxy) is 1. The zero-order valence-corrected chi connectivity index (χ0v) is 10.5. The van der Waals surface area contributed by atoms with Gasteiger partial charge in [0.2, 0.25) is 0 Å². The van der Waals surface area contributed by atoms with E-state index < -0.39 is 0 Å². The van der Waals surface area contributed by atoms with Crippen LogP contribution in [0.3, 0.4) is 0 Å². The second kappa shape index (κ2) is 5.26. The minimum absolute atomic E-state index is 0.504. The molecule has 0 spiro atoms. The van der Waals surface area contributed by atoms with Gasteiger partial charge in [-0.1, -0.05) is 25.4 Å². The van der Waals surface area contributed by atoms with E-state index in [1.807, 2.05) is 26.1 Å². The van der Waals surface area contributed by atoms with E-state index in [-0.39, 0.29) is 0 Å². The Labute approximate surface area is 96.6 Å². The molecule has 0 saturated carbocycles. The fraction of sp³-hybridized carbons (Fsp3) is 0.500. The average molecular weight is 228 g/mol. The van der Waals surface area contributed by atoms with Crippen molar-refractivity contribution >= 4 is 17.3 Å². The van der Waals surface area contributed by atoms with Crippen molar-refractivity contribution in [2.45, 2.75) is 20.8 Å². The first-order chi connectivity index (χ1) is 7.04. The van der Waals surface area contributed by atoms with Gasteiger partial charge in [-0.15, -0.1) is 0 Å². The highest BCUT2D eigenvalue weighted by molar-refractivity contribution is 6.32. The molecule has 1 aromatic rings. The van der Waals surface area contributed by atoms with Gasteiger partial charge in [-0.2, -0.15) is 0 Å². The summed E-state index contributed by atoms with van der Waals surface area (Å²) < 4.78 is 5.67. The van der Waals surface area contributed by atoms with Gasteiger partial charge < -0.3 is 10.1 Å². The lowest BCUT2D eigenvalue weighted by atomic mass is 10.2. The topological polar surface area (TPSA) is 21.3 Å². The maximum atomic E-state index is 6.13. The molecule has 1 rings (SSSR count). The van der Waals surface area contributed by atoms with E-state index in [1.165, 1.54) is 0 Å². The van der Waals surface area contributed by atoms with Gasteiger partial charge in [0.05, 0.1) is 11.6 Å². The molecule has 0 aromatic heterocycles. The second-order valence-electron chi connectivity index (χ2n) is 4.06. The zero-order chi connectivity index (χ0) is 11.4. The molecule has 0 aliphatic heterocycles. The first-order valence-corrected chi connectivity index (χ1v) is 5.53. The van der Waals surface area contributed by atoms with Crippen LogP contribution >= 0.6 is 11.6 Å². The summed E-state index contributed by atoms with van der Waals surface area (Å²) in [6.45, 7) is 6.93. The molecule has 0 heterocycles. The van der Waals surface area contributed by atoms with Crippen LogP contribution in [0.4, 0.5) is 5.69 Å². The highest BCUT2D eigenvalue weighted by Crippen LogP contribution is 2.32. The number of rotatable bonds is 4. The van der Waals surface area contributed by atoms with Gasteiger partial charge in [-0.25, -0.2) is 0 Å². The highest BCUT2D eigenvalue weighted by Gasteiger charge is 2.08. The minimum Gasteiger partial charge on any atom is -0.491 e.